The van der Waals surface area contributed by atoms with E-state index >= 15 is 0 Å². The van der Waals surface area contributed by atoms with Crippen molar-refractivity contribution >= 4 is 28.7 Å². The van der Waals surface area contributed by atoms with Gasteiger partial charge in [0.2, 0.25) is 0 Å². The van der Waals surface area contributed by atoms with E-state index in [4.69, 9.17) is 14.5 Å². The van der Waals surface area contributed by atoms with Crippen LogP contribution < -0.4 is 15.4 Å². The van der Waals surface area contributed by atoms with E-state index in [1.165, 1.54) is 0 Å². The zero-order chi connectivity index (χ0) is 37.1. The van der Waals surface area contributed by atoms with Gasteiger partial charge in [-0.15, -0.1) is 0 Å². The average molecular weight is 709 g/mol. The molecule has 0 bridgehead atoms. The summed E-state index contributed by atoms with van der Waals surface area (Å²) in [7, 11) is 0. The van der Waals surface area contributed by atoms with E-state index < -0.39 is 12.1 Å². The van der Waals surface area contributed by atoms with Crippen molar-refractivity contribution < 1.29 is 23.9 Å². The van der Waals surface area contributed by atoms with Crippen LogP contribution in [0.4, 0.5) is 4.79 Å². The molecule has 3 aromatic carbocycles. The Morgan fingerprint density at radius 3 is 2.31 bits per heavy atom. The number of nitrogens with one attached hydrogen (secondary N) is 2. The van der Waals surface area contributed by atoms with Gasteiger partial charge in [-0.25, -0.2) is 9.78 Å². The summed E-state index contributed by atoms with van der Waals surface area (Å²) in [6.07, 6.45) is 4.54. The number of alkyl carbamates (subject to hydrolysis) is 1. The van der Waals surface area contributed by atoms with E-state index in [-0.39, 0.29) is 24.2 Å². The molecule has 0 saturated carbocycles. The number of benzene rings is 3. The molecule has 0 fully saturated rings. The maximum Gasteiger partial charge on any atom is 0.407 e. The summed E-state index contributed by atoms with van der Waals surface area (Å²) in [6, 6.07) is 26.0. The number of ether oxygens (including phenoxy) is 2. The molecular weight excluding hydrogens is 652 g/mol. The highest BCUT2D eigenvalue weighted by atomic mass is 16.5. The van der Waals surface area contributed by atoms with Gasteiger partial charge in [-0.05, 0) is 106 Å². The molecule has 4 aromatic rings. The second kappa shape index (κ2) is 21.6. The quantitative estimate of drug-likeness (QED) is 0.0787. The molecule has 1 heterocycles. The Morgan fingerprint density at radius 2 is 1.58 bits per heavy atom. The average Bonchev–Trinajstić information content (AvgIpc) is 3.17. The second-order valence-electron chi connectivity index (χ2n) is 13.4. The number of carbonyl (C=O) groups is 3. The summed E-state index contributed by atoms with van der Waals surface area (Å²) in [5, 5.41) is 6.64. The fourth-order valence-corrected chi connectivity index (χ4v) is 6.23. The van der Waals surface area contributed by atoms with Gasteiger partial charge in [-0.1, -0.05) is 76.2 Å². The molecule has 2 atom stereocenters. The number of para-hydroxylation sites is 1. The van der Waals surface area contributed by atoms with Crippen LogP contribution in [0.25, 0.3) is 22.2 Å². The van der Waals surface area contributed by atoms with Crippen molar-refractivity contribution in [3.05, 3.63) is 96.1 Å². The molecule has 2 N–H and O–H groups in total. The fraction of sp³-hybridized carbons (Fsp3) is 0.442. The number of hydrogen-bond acceptors (Lipinski definition) is 7. The summed E-state index contributed by atoms with van der Waals surface area (Å²) in [6.45, 7) is 12.8. The number of unbranched alkanes of at least 4 members (excludes halogenated alkanes) is 1. The van der Waals surface area contributed by atoms with Crippen molar-refractivity contribution in [1.29, 1.82) is 0 Å². The van der Waals surface area contributed by atoms with Crippen LogP contribution in [0.3, 0.4) is 0 Å². The van der Waals surface area contributed by atoms with Crippen LogP contribution in [-0.4, -0.2) is 66.5 Å². The molecule has 9 heteroatoms. The highest BCUT2D eigenvalue weighted by Gasteiger charge is 2.24. The smallest absolute Gasteiger partial charge is 0.407 e. The van der Waals surface area contributed by atoms with Crippen molar-refractivity contribution in [1.82, 2.24) is 20.5 Å². The molecule has 2 unspecified atom stereocenters. The molecule has 1 aromatic heterocycles. The Balaban J connectivity index is 1.44. The topological polar surface area (TPSA) is 110 Å². The van der Waals surface area contributed by atoms with Crippen LogP contribution >= 0.6 is 0 Å². The number of hydrogen-bond donors (Lipinski definition) is 2. The normalized spacial score (nSPS) is 12.3. The Labute approximate surface area is 309 Å². The maximum atomic E-state index is 14.1. The van der Waals surface area contributed by atoms with Crippen LogP contribution in [0.2, 0.25) is 0 Å². The molecule has 0 aliphatic heterocycles. The lowest BCUT2D eigenvalue weighted by molar-refractivity contribution is -0.122. The minimum absolute atomic E-state index is 0.0279. The fourth-order valence-electron chi connectivity index (χ4n) is 6.23. The van der Waals surface area contributed by atoms with Crippen molar-refractivity contribution in [3.8, 4) is 17.0 Å². The zero-order valence-electron chi connectivity index (χ0n) is 31.4. The lowest BCUT2D eigenvalue weighted by Gasteiger charge is -2.22. The largest absolute Gasteiger partial charge is 0.494 e. The predicted molar refractivity (Wildman–Crippen MR) is 209 cm³/mol. The standard InChI is InChI=1S/C43H56N4O5/c1-5-28-51-35-24-22-34(23-25-35)40-30-37(36-19-11-12-20-38(36)45-40)42(49)46-39(41(48)29-32(4)16-15-27-47(6-2)7-3)21-13-14-26-44-43(50)52-31-33-17-9-8-10-18-33/h8-12,17-20,22-25,30,32,39H,5-7,13-16,21,26-29,31H2,1-4H3,(H,44,50)(H,46,49). The summed E-state index contributed by atoms with van der Waals surface area (Å²) in [5.74, 6) is 0.700. The Kier molecular flexibility index (Phi) is 16.6. The first-order chi connectivity index (χ1) is 25.3. The van der Waals surface area contributed by atoms with E-state index in [0.29, 0.717) is 55.6 Å². The first-order valence-electron chi connectivity index (χ1n) is 18.9. The van der Waals surface area contributed by atoms with Crippen molar-refractivity contribution in [2.75, 3.05) is 32.8 Å². The van der Waals surface area contributed by atoms with Gasteiger partial charge in [0, 0.05) is 23.9 Å². The van der Waals surface area contributed by atoms with E-state index in [0.717, 1.165) is 61.2 Å². The van der Waals surface area contributed by atoms with Gasteiger partial charge in [0.25, 0.3) is 5.91 Å². The highest BCUT2D eigenvalue weighted by Crippen LogP contribution is 2.27. The third-order valence-corrected chi connectivity index (χ3v) is 9.29. The molecule has 278 valence electrons. The number of ketones is 1. The molecule has 52 heavy (non-hydrogen) atoms. The monoisotopic (exact) mass is 708 g/mol. The second-order valence-corrected chi connectivity index (χ2v) is 13.4. The van der Waals surface area contributed by atoms with Gasteiger partial charge >= 0.3 is 6.09 Å². The lowest BCUT2D eigenvalue weighted by atomic mass is 9.93. The van der Waals surface area contributed by atoms with Crippen LogP contribution in [0, 0.1) is 5.92 Å². The summed E-state index contributed by atoms with van der Waals surface area (Å²) >= 11 is 0. The molecule has 0 saturated heterocycles. The maximum absolute atomic E-state index is 14.1. The van der Waals surface area contributed by atoms with Crippen molar-refractivity contribution in [3.63, 3.8) is 0 Å². The minimum atomic E-state index is -0.659. The number of amides is 2. The number of Topliss-reactive ketones (excluding diaryl/α,β-unsaturated/α-hetero) is 1. The molecule has 9 nitrogen and oxygen atoms in total. The van der Waals surface area contributed by atoms with Crippen molar-refractivity contribution in [2.24, 2.45) is 5.92 Å². The van der Waals surface area contributed by atoms with E-state index in [9.17, 15) is 14.4 Å². The van der Waals surface area contributed by atoms with Gasteiger partial charge in [-0.3, -0.25) is 9.59 Å². The van der Waals surface area contributed by atoms with Crippen LogP contribution in [0.15, 0.2) is 84.9 Å². The predicted octanol–water partition coefficient (Wildman–Crippen LogP) is 8.60. The molecule has 0 radical (unpaired) electrons. The molecular formula is C43H56N4O5. The number of aromatic nitrogens is 1. The van der Waals surface area contributed by atoms with E-state index in [2.05, 4.69) is 43.2 Å². The Bertz CT molecular complexity index is 1690. The van der Waals surface area contributed by atoms with Crippen LogP contribution in [0.1, 0.15) is 88.6 Å². The number of rotatable bonds is 22. The Morgan fingerprint density at radius 1 is 0.846 bits per heavy atom. The van der Waals surface area contributed by atoms with Gasteiger partial charge in [0.05, 0.1) is 29.4 Å². The van der Waals surface area contributed by atoms with E-state index in [1.54, 1.807) is 0 Å². The molecule has 0 aliphatic carbocycles. The van der Waals surface area contributed by atoms with Gasteiger partial charge in [-0.2, -0.15) is 0 Å². The van der Waals surface area contributed by atoms with Crippen LogP contribution in [-0.2, 0) is 16.1 Å². The van der Waals surface area contributed by atoms with Crippen LogP contribution in [0.5, 0.6) is 5.75 Å². The number of carbonyl (C=O) groups excluding carboxylic acids is 3. The van der Waals surface area contributed by atoms with Gasteiger partial charge < -0.3 is 25.0 Å². The van der Waals surface area contributed by atoms with Crippen molar-refractivity contribution in [2.45, 2.75) is 85.3 Å². The molecule has 0 aliphatic rings. The third-order valence-electron chi connectivity index (χ3n) is 9.29. The number of fused-ring (bicyclic) bond motifs is 1. The first-order valence-corrected chi connectivity index (χ1v) is 18.9. The third kappa shape index (κ3) is 12.8. The van der Waals surface area contributed by atoms with Gasteiger partial charge in [0.1, 0.15) is 12.4 Å². The summed E-state index contributed by atoms with van der Waals surface area (Å²) < 4.78 is 11.1. The molecule has 2 amide bonds. The SMILES string of the molecule is CCCOc1ccc(-c2cc(C(=O)NC(CCCCNC(=O)OCc3ccccc3)C(=O)CC(C)CCCN(CC)CC)c3ccccc3n2)cc1. The summed E-state index contributed by atoms with van der Waals surface area (Å²) in [5.41, 5.74) is 3.62. The number of nitrogens with zero attached hydrogens (tertiary/aromatic N) is 2. The summed E-state index contributed by atoms with van der Waals surface area (Å²) in [4.78, 5) is 47.5. The molecule has 4 rings (SSSR count). The Hall–Kier alpha value is -4.76. The van der Waals surface area contributed by atoms with Gasteiger partial charge in [0.15, 0.2) is 5.78 Å². The number of pyridine rings is 1. The minimum Gasteiger partial charge on any atom is -0.494 e. The highest BCUT2D eigenvalue weighted by molar-refractivity contribution is 6.08. The zero-order valence-corrected chi connectivity index (χ0v) is 31.4. The lowest BCUT2D eigenvalue weighted by Crippen LogP contribution is -2.41. The van der Waals surface area contributed by atoms with E-state index in [1.807, 2.05) is 84.9 Å². The molecule has 0 spiro atoms. The first kappa shape index (κ1) is 40.0.